The quantitative estimate of drug-likeness (QED) is 0.300. The van der Waals surface area contributed by atoms with Crippen molar-refractivity contribution in [3.8, 4) is 0 Å². The van der Waals surface area contributed by atoms with Crippen molar-refractivity contribution < 1.29 is 9.59 Å². The number of carbonyl (C=O) groups excluding carboxylic acids is 2. The molecule has 3 N–H and O–H groups in total. The van der Waals surface area contributed by atoms with E-state index in [4.69, 9.17) is 5.41 Å². The predicted octanol–water partition coefficient (Wildman–Crippen LogP) is 5.24. The number of rotatable bonds is 7. The van der Waals surface area contributed by atoms with E-state index in [2.05, 4.69) is 27.8 Å². The lowest BCUT2D eigenvalue weighted by Gasteiger charge is -2.39. The number of carbonyl (C=O) groups is 2. The summed E-state index contributed by atoms with van der Waals surface area (Å²) in [6.45, 7) is 3.17. The molecule has 4 aromatic rings. The third-order valence-corrected chi connectivity index (χ3v) is 6.90. The lowest BCUT2D eigenvalue weighted by molar-refractivity contribution is 0.0602. The average Bonchev–Trinajstić information content (AvgIpc) is 2.92. The van der Waals surface area contributed by atoms with Crippen LogP contribution in [-0.2, 0) is 0 Å². The van der Waals surface area contributed by atoms with Gasteiger partial charge in [0.15, 0.2) is 0 Å². The second-order valence-corrected chi connectivity index (χ2v) is 9.43. The van der Waals surface area contributed by atoms with Crippen LogP contribution >= 0.6 is 0 Å². The van der Waals surface area contributed by atoms with Gasteiger partial charge in [-0.05, 0) is 47.9 Å². The summed E-state index contributed by atoms with van der Waals surface area (Å²) in [7, 11) is 1.81. The van der Waals surface area contributed by atoms with Crippen LogP contribution in [0, 0.1) is 12.3 Å². The van der Waals surface area contributed by atoms with Crippen LogP contribution in [-0.4, -0.2) is 48.1 Å². The van der Waals surface area contributed by atoms with Crippen molar-refractivity contribution in [3.63, 3.8) is 0 Å². The second-order valence-electron chi connectivity index (χ2n) is 9.43. The molecule has 5 rings (SSSR count). The minimum Gasteiger partial charge on any atom is -0.393 e. The highest BCUT2D eigenvalue weighted by molar-refractivity contribution is 6.08. The number of aromatic nitrogens is 1. The van der Waals surface area contributed by atoms with Crippen LogP contribution in [0.2, 0.25) is 0 Å². The predicted molar refractivity (Wildman–Crippen MR) is 152 cm³/mol. The summed E-state index contributed by atoms with van der Waals surface area (Å²) >= 11 is 0. The van der Waals surface area contributed by atoms with Gasteiger partial charge in [-0.25, -0.2) is 4.98 Å². The van der Waals surface area contributed by atoms with Crippen LogP contribution in [0.15, 0.2) is 85.1 Å². The Balaban J connectivity index is 1.24. The molecular formula is C31H29N5O2. The van der Waals surface area contributed by atoms with Crippen molar-refractivity contribution in [1.29, 1.82) is 5.41 Å². The Labute approximate surface area is 221 Å². The van der Waals surface area contributed by atoms with Crippen LogP contribution in [0.5, 0.6) is 0 Å². The molecule has 7 heteroatoms. The molecule has 7 nitrogen and oxygen atoms in total. The summed E-state index contributed by atoms with van der Waals surface area (Å²) in [4.78, 5) is 32.4. The molecule has 1 saturated heterocycles. The zero-order valence-corrected chi connectivity index (χ0v) is 21.4. The molecule has 0 saturated carbocycles. The standard InChI is InChI=1S/C31H29N5O2/c1-20-7-8-24(15-29(20)35-30(37)28-14-13-23-5-3-4-6-27(23)34-28)31(38)36-18-26(19-36)22-11-9-21(10-12-22)25(16-32)17-33-2/h3-17,26,32-33H,18-19H2,1-2H3,(H,35,37)/b25-17+,32-16?. The molecule has 1 aromatic heterocycles. The molecule has 0 atom stereocenters. The zero-order chi connectivity index (χ0) is 26.6. The van der Waals surface area contributed by atoms with Gasteiger partial charge in [-0.3, -0.25) is 9.59 Å². The van der Waals surface area contributed by atoms with Gasteiger partial charge >= 0.3 is 0 Å². The molecule has 3 aromatic carbocycles. The Hall–Kier alpha value is -4.78. The highest BCUT2D eigenvalue weighted by Crippen LogP contribution is 2.30. The van der Waals surface area contributed by atoms with Crippen LogP contribution in [0.25, 0.3) is 16.5 Å². The van der Waals surface area contributed by atoms with Crippen molar-refractivity contribution in [2.24, 2.45) is 0 Å². The molecule has 0 bridgehead atoms. The first-order valence-corrected chi connectivity index (χ1v) is 12.5. The number of amides is 2. The third kappa shape index (κ3) is 5.04. The molecule has 38 heavy (non-hydrogen) atoms. The summed E-state index contributed by atoms with van der Waals surface area (Å²) in [5.41, 5.74) is 6.04. The summed E-state index contributed by atoms with van der Waals surface area (Å²) in [5.74, 6) is -0.0970. The van der Waals surface area contributed by atoms with Gasteiger partial charge in [0.1, 0.15) is 5.69 Å². The maximum Gasteiger partial charge on any atom is 0.274 e. The number of benzene rings is 3. The lowest BCUT2D eigenvalue weighted by atomic mass is 9.89. The van der Waals surface area contributed by atoms with Gasteiger partial charge < -0.3 is 20.9 Å². The fourth-order valence-corrected chi connectivity index (χ4v) is 4.62. The average molecular weight is 504 g/mol. The maximum absolute atomic E-state index is 13.2. The minimum absolute atomic E-state index is 0.0553. The largest absolute Gasteiger partial charge is 0.393 e. The van der Waals surface area contributed by atoms with Gasteiger partial charge in [-0.2, -0.15) is 0 Å². The number of nitrogens with one attached hydrogen (secondary N) is 3. The van der Waals surface area contributed by atoms with Crippen molar-refractivity contribution >= 4 is 40.2 Å². The van der Waals surface area contributed by atoms with E-state index >= 15 is 0 Å². The first kappa shape index (κ1) is 24.9. The number of aryl methyl sites for hydroxylation is 1. The van der Waals surface area contributed by atoms with Gasteiger partial charge in [0.2, 0.25) is 0 Å². The monoisotopic (exact) mass is 503 g/mol. The van der Waals surface area contributed by atoms with E-state index < -0.39 is 0 Å². The molecule has 0 unspecified atom stereocenters. The second kappa shape index (κ2) is 10.7. The molecule has 1 aliphatic heterocycles. The molecule has 0 aliphatic carbocycles. The van der Waals surface area contributed by atoms with Crippen molar-refractivity contribution in [2.45, 2.75) is 12.8 Å². The molecule has 190 valence electrons. The number of para-hydroxylation sites is 1. The highest BCUT2D eigenvalue weighted by atomic mass is 16.2. The zero-order valence-electron chi connectivity index (χ0n) is 21.4. The Kier molecular flexibility index (Phi) is 7.00. The summed E-state index contributed by atoms with van der Waals surface area (Å²) in [6.07, 6.45) is 3.12. The number of nitrogens with zero attached hydrogens (tertiary/aromatic N) is 2. The Morgan fingerprint density at radius 2 is 1.71 bits per heavy atom. The van der Waals surface area contributed by atoms with E-state index in [1.807, 2.05) is 67.4 Å². The Morgan fingerprint density at radius 1 is 0.974 bits per heavy atom. The SMILES string of the molecule is CN/C=C(\C=N)c1ccc(C2CN(C(=O)c3ccc(C)c(NC(=O)c4ccc5ccccc5n4)c3)C2)cc1. The fraction of sp³-hybridized carbons (Fsp3) is 0.161. The van der Waals surface area contributed by atoms with E-state index in [0.717, 1.165) is 27.6 Å². The number of fused-ring (bicyclic) bond motifs is 1. The van der Waals surface area contributed by atoms with Gasteiger partial charge in [0.25, 0.3) is 11.8 Å². The van der Waals surface area contributed by atoms with E-state index in [-0.39, 0.29) is 17.7 Å². The third-order valence-electron chi connectivity index (χ3n) is 6.90. The van der Waals surface area contributed by atoms with Crippen molar-refractivity contribution in [2.75, 3.05) is 25.5 Å². The van der Waals surface area contributed by atoms with E-state index in [0.29, 0.717) is 30.0 Å². The summed E-state index contributed by atoms with van der Waals surface area (Å²) < 4.78 is 0. The smallest absolute Gasteiger partial charge is 0.274 e. The van der Waals surface area contributed by atoms with Crippen molar-refractivity contribution in [1.82, 2.24) is 15.2 Å². The lowest BCUT2D eigenvalue weighted by Crippen LogP contribution is -2.48. The Bertz CT molecular complexity index is 1550. The topological polar surface area (TPSA) is 98.2 Å². The fourth-order valence-electron chi connectivity index (χ4n) is 4.62. The van der Waals surface area contributed by atoms with Crippen LogP contribution in [0.4, 0.5) is 5.69 Å². The van der Waals surface area contributed by atoms with Crippen LogP contribution in [0.3, 0.4) is 0 Å². The van der Waals surface area contributed by atoms with Gasteiger partial charge in [-0.1, -0.05) is 54.6 Å². The summed E-state index contributed by atoms with van der Waals surface area (Å²) in [5, 5.41) is 14.4. The van der Waals surface area contributed by atoms with Gasteiger partial charge in [0, 0.05) is 60.7 Å². The molecule has 2 heterocycles. The number of allylic oxidation sites excluding steroid dienone is 1. The maximum atomic E-state index is 13.2. The number of hydrogen-bond donors (Lipinski definition) is 3. The summed E-state index contributed by atoms with van der Waals surface area (Å²) in [6, 6.07) is 24.8. The number of anilines is 1. The molecule has 1 aliphatic rings. The van der Waals surface area contributed by atoms with Crippen LogP contribution in [0.1, 0.15) is 43.5 Å². The molecular weight excluding hydrogens is 474 g/mol. The number of pyridine rings is 1. The van der Waals surface area contributed by atoms with E-state index in [9.17, 15) is 9.59 Å². The first-order valence-electron chi connectivity index (χ1n) is 12.5. The first-order chi connectivity index (χ1) is 18.5. The van der Waals surface area contributed by atoms with Gasteiger partial charge in [-0.15, -0.1) is 0 Å². The number of likely N-dealkylation sites (tertiary alicyclic amines) is 1. The molecule has 0 spiro atoms. The Morgan fingerprint density at radius 3 is 2.45 bits per heavy atom. The highest BCUT2D eigenvalue weighted by Gasteiger charge is 2.32. The van der Waals surface area contributed by atoms with Gasteiger partial charge in [0.05, 0.1) is 5.52 Å². The van der Waals surface area contributed by atoms with Crippen LogP contribution < -0.4 is 10.6 Å². The number of hydrogen-bond acceptors (Lipinski definition) is 5. The van der Waals surface area contributed by atoms with E-state index in [1.165, 1.54) is 11.8 Å². The molecule has 0 radical (unpaired) electrons. The molecule has 1 fully saturated rings. The minimum atomic E-state index is -0.313. The molecule has 2 amide bonds. The van der Waals surface area contributed by atoms with E-state index in [1.54, 1.807) is 24.4 Å². The normalized spacial score (nSPS) is 13.6. The van der Waals surface area contributed by atoms with Crippen molar-refractivity contribution in [3.05, 3.63) is 113 Å².